The monoisotopic (exact) mass is 229 g/mol. The maximum Gasteiger partial charge on any atom is 0.0620 e. The van der Waals surface area contributed by atoms with Crippen molar-refractivity contribution in [2.45, 2.75) is 25.9 Å². The molecular weight excluding hydrogens is 202 g/mol. The standard InChI is InChI=1S/C12H27N3O/c1-10(2)12(9-16-4)15-6-5-14(3)8-11(15)7-13/h10-12H,5-9,13H2,1-4H3. The fourth-order valence-electron chi connectivity index (χ4n) is 2.51. The normalized spacial score (nSPS) is 26.2. The van der Waals surface area contributed by atoms with Gasteiger partial charge in [0.2, 0.25) is 0 Å². The van der Waals surface area contributed by atoms with E-state index in [1.54, 1.807) is 7.11 Å². The highest BCUT2D eigenvalue weighted by Gasteiger charge is 2.31. The Morgan fingerprint density at radius 1 is 1.38 bits per heavy atom. The number of rotatable bonds is 5. The summed E-state index contributed by atoms with van der Waals surface area (Å²) < 4.78 is 5.34. The number of ether oxygens (including phenoxy) is 1. The van der Waals surface area contributed by atoms with Crippen molar-refractivity contribution >= 4 is 0 Å². The summed E-state index contributed by atoms with van der Waals surface area (Å²) in [5, 5.41) is 0. The molecule has 0 aromatic rings. The van der Waals surface area contributed by atoms with Crippen LogP contribution >= 0.6 is 0 Å². The van der Waals surface area contributed by atoms with Crippen LogP contribution in [0.1, 0.15) is 13.8 Å². The summed E-state index contributed by atoms with van der Waals surface area (Å²) in [6, 6.07) is 0.966. The van der Waals surface area contributed by atoms with Crippen LogP contribution in [0.3, 0.4) is 0 Å². The van der Waals surface area contributed by atoms with Crippen LogP contribution in [0.2, 0.25) is 0 Å². The second-order valence-electron chi connectivity index (χ2n) is 5.16. The molecule has 96 valence electrons. The lowest BCUT2D eigenvalue weighted by Crippen LogP contribution is -2.60. The Labute approximate surface area is 99.7 Å². The average molecular weight is 229 g/mol. The highest BCUT2D eigenvalue weighted by Crippen LogP contribution is 2.17. The van der Waals surface area contributed by atoms with E-state index < -0.39 is 0 Å². The summed E-state index contributed by atoms with van der Waals surface area (Å²) in [6.45, 7) is 9.36. The smallest absolute Gasteiger partial charge is 0.0620 e. The Morgan fingerprint density at radius 2 is 2.06 bits per heavy atom. The average Bonchev–Trinajstić information content (AvgIpc) is 2.26. The van der Waals surface area contributed by atoms with Gasteiger partial charge in [-0.25, -0.2) is 0 Å². The maximum atomic E-state index is 5.88. The molecule has 0 aromatic heterocycles. The number of methoxy groups -OCH3 is 1. The molecular formula is C12H27N3O. The van der Waals surface area contributed by atoms with Crippen LogP contribution < -0.4 is 5.73 Å². The van der Waals surface area contributed by atoms with Gasteiger partial charge in [-0.2, -0.15) is 0 Å². The molecule has 1 aliphatic rings. The van der Waals surface area contributed by atoms with Crippen LogP contribution in [0.25, 0.3) is 0 Å². The molecule has 0 radical (unpaired) electrons. The van der Waals surface area contributed by atoms with Gasteiger partial charge in [0.25, 0.3) is 0 Å². The van der Waals surface area contributed by atoms with Crippen molar-refractivity contribution in [3.05, 3.63) is 0 Å². The Balaban J connectivity index is 2.66. The molecule has 0 aromatic carbocycles. The van der Waals surface area contributed by atoms with Gasteiger partial charge in [-0.05, 0) is 13.0 Å². The molecule has 0 amide bonds. The summed E-state index contributed by atoms with van der Waals surface area (Å²) >= 11 is 0. The van der Waals surface area contributed by atoms with Crippen molar-refractivity contribution in [2.75, 3.05) is 46.9 Å². The van der Waals surface area contributed by atoms with Crippen molar-refractivity contribution in [1.29, 1.82) is 0 Å². The van der Waals surface area contributed by atoms with Gasteiger partial charge in [-0.15, -0.1) is 0 Å². The van der Waals surface area contributed by atoms with Crippen LogP contribution in [0.4, 0.5) is 0 Å². The van der Waals surface area contributed by atoms with E-state index in [0.29, 0.717) is 18.0 Å². The lowest BCUT2D eigenvalue weighted by Gasteiger charge is -2.45. The number of nitrogens with two attached hydrogens (primary N) is 1. The number of likely N-dealkylation sites (N-methyl/N-ethyl adjacent to an activating group) is 1. The van der Waals surface area contributed by atoms with Gasteiger partial charge in [0.15, 0.2) is 0 Å². The van der Waals surface area contributed by atoms with E-state index in [1.807, 2.05) is 0 Å². The molecule has 1 heterocycles. The zero-order chi connectivity index (χ0) is 12.1. The molecule has 0 bridgehead atoms. The lowest BCUT2D eigenvalue weighted by atomic mass is 9.99. The van der Waals surface area contributed by atoms with Crippen molar-refractivity contribution < 1.29 is 4.74 Å². The van der Waals surface area contributed by atoms with Crippen LogP contribution in [0.15, 0.2) is 0 Å². The molecule has 4 heteroatoms. The highest BCUT2D eigenvalue weighted by atomic mass is 16.5. The summed E-state index contributed by atoms with van der Waals surface area (Å²) in [4.78, 5) is 4.90. The first kappa shape index (κ1) is 13.9. The molecule has 2 unspecified atom stereocenters. The van der Waals surface area contributed by atoms with Gasteiger partial charge in [-0.3, -0.25) is 4.90 Å². The van der Waals surface area contributed by atoms with E-state index in [9.17, 15) is 0 Å². The molecule has 1 fully saturated rings. The van der Waals surface area contributed by atoms with Crippen LogP contribution in [0, 0.1) is 5.92 Å². The van der Waals surface area contributed by atoms with Crippen LogP contribution in [0.5, 0.6) is 0 Å². The van der Waals surface area contributed by atoms with E-state index >= 15 is 0 Å². The lowest BCUT2D eigenvalue weighted by molar-refractivity contribution is 0.000908. The third kappa shape index (κ3) is 3.42. The molecule has 1 saturated heterocycles. The number of hydrogen-bond donors (Lipinski definition) is 1. The predicted molar refractivity (Wildman–Crippen MR) is 67.5 cm³/mol. The van der Waals surface area contributed by atoms with Crippen LogP contribution in [-0.4, -0.2) is 68.8 Å². The predicted octanol–water partition coefficient (Wildman–Crippen LogP) is 0.232. The van der Waals surface area contributed by atoms with Gasteiger partial charge < -0.3 is 15.4 Å². The van der Waals surface area contributed by atoms with Gasteiger partial charge in [0, 0.05) is 45.4 Å². The quantitative estimate of drug-likeness (QED) is 0.733. The first-order valence-electron chi connectivity index (χ1n) is 6.23. The Hall–Kier alpha value is -0.160. The maximum absolute atomic E-state index is 5.88. The summed E-state index contributed by atoms with van der Waals surface area (Å²) in [5.74, 6) is 0.609. The summed E-state index contributed by atoms with van der Waals surface area (Å²) in [6.07, 6.45) is 0. The van der Waals surface area contributed by atoms with Gasteiger partial charge >= 0.3 is 0 Å². The molecule has 1 aliphatic heterocycles. The minimum Gasteiger partial charge on any atom is -0.383 e. The molecule has 2 atom stereocenters. The third-order valence-corrected chi connectivity index (χ3v) is 3.54. The van der Waals surface area contributed by atoms with Crippen molar-refractivity contribution in [3.63, 3.8) is 0 Å². The molecule has 0 saturated carbocycles. The highest BCUT2D eigenvalue weighted by molar-refractivity contribution is 4.87. The topological polar surface area (TPSA) is 41.7 Å². The molecule has 16 heavy (non-hydrogen) atoms. The van der Waals surface area contributed by atoms with Gasteiger partial charge in [0.05, 0.1) is 6.61 Å². The van der Waals surface area contributed by atoms with Crippen LogP contribution in [-0.2, 0) is 4.74 Å². The SMILES string of the molecule is COCC(C(C)C)N1CCN(C)CC1CN. The first-order valence-corrected chi connectivity index (χ1v) is 6.23. The zero-order valence-electron chi connectivity index (χ0n) is 11.1. The Kier molecular flexibility index (Phi) is 5.69. The molecule has 4 nitrogen and oxygen atoms in total. The molecule has 0 spiro atoms. The second-order valence-corrected chi connectivity index (χ2v) is 5.16. The van der Waals surface area contributed by atoms with Gasteiger partial charge in [0.1, 0.15) is 0 Å². The van der Waals surface area contributed by atoms with E-state index in [-0.39, 0.29) is 0 Å². The first-order chi connectivity index (χ1) is 7.60. The largest absolute Gasteiger partial charge is 0.383 e. The van der Waals surface area contributed by atoms with E-state index in [1.165, 1.54) is 0 Å². The van der Waals surface area contributed by atoms with Gasteiger partial charge in [-0.1, -0.05) is 13.8 Å². The Morgan fingerprint density at radius 3 is 2.56 bits per heavy atom. The molecule has 0 aliphatic carbocycles. The third-order valence-electron chi connectivity index (χ3n) is 3.54. The fraction of sp³-hybridized carbons (Fsp3) is 1.00. The summed E-state index contributed by atoms with van der Waals surface area (Å²) in [5.41, 5.74) is 5.88. The van der Waals surface area contributed by atoms with E-state index in [0.717, 1.165) is 32.8 Å². The zero-order valence-corrected chi connectivity index (χ0v) is 11.1. The Bertz CT molecular complexity index is 199. The van der Waals surface area contributed by atoms with Crippen molar-refractivity contribution in [2.24, 2.45) is 11.7 Å². The minimum absolute atomic E-state index is 0.473. The van der Waals surface area contributed by atoms with E-state index in [2.05, 4.69) is 30.7 Å². The summed E-state index contributed by atoms with van der Waals surface area (Å²) in [7, 11) is 3.95. The number of nitrogens with zero attached hydrogens (tertiary/aromatic N) is 2. The second kappa shape index (κ2) is 6.55. The number of piperazine rings is 1. The number of hydrogen-bond acceptors (Lipinski definition) is 4. The minimum atomic E-state index is 0.473. The van der Waals surface area contributed by atoms with Crippen molar-refractivity contribution in [1.82, 2.24) is 9.80 Å². The van der Waals surface area contributed by atoms with E-state index in [4.69, 9.17) is 10.5 Å². The molecule has 1 rings (SSSR count). The fourth-order valence-corrected chi connectivity index (χ4v) is 2.51. The molecule has 2 N–H and O–H groups in total. The van der Waals surface area contributed by atoms with Crippen molar-refractivity contribution in [3.8, 4) is 0 Å².